The maximum Gasteiger partial charge on any atom is 0.119 e. The van der Waals surface area contributed by atoms with Crippen molar-refractivity contribution in [2.24, 2.45) is 0 Å². The highest BCUT2D eigenvalue weighted by atomic mass is 35.5. The largest absolute Gasteiger partial charge is 0.494 e. The van der Waals surface area contributed by atoms with Crippen LogP contribution in [-0.2, 0) is 0 Å². The van der Waals surface area contributed by atoms with Gasteiger partial charge in [0.2, 0.25) is 0 Å². The van der Waals surface area contributed by atoms with Gasteiger partial charge >= 0.3 is 0 Å². The molecule has 0 amide bonds. The van der Waals surface area contributed by atoms with Crippen molar-refractivity contribution in [1.29, 1.82) is 0 Å². The second-order valence-corrected chi connectivity index (χ2v) is 5.11. The summed E-state index contributed by atoms with van der Waals surface area (Å²) in [6.07, 6.45) is 6.25. The normalized spacial score (nSPS) is 10.8. The van der Waals surface area contributed by atoms with Crippen LogP contribution in [0.15, 0.2) is 24.3 Å². The van der Waals surface area contributed by atoms with Crippen molar-refractivity contribution < 1.29 is 4.74 Å². The van der Waals surface area contributed by atoms with E-state index in [1.165, 1.54) is 31.6 Å². The Balaban J connectivity index is 1.99. The fourth-order valence-corrected chi connectivity index (χ4v) is 1.78. The van der Waals surface area contributed by atoms with Gasteiger partial charge in [-0.25, -0.2) is 0 Å². The lowest BCUT2D eigenvalue weighted by molar-refractivity contribution is 0.304. The van der Waals surface area contributed by atoms with Gasteiger partial charge in [0.1, 0.15) is 5.75 Å². The summed E-state index contributed by atoms with van der Waals surface area (Å²) in [6.45, 7) is 5.20. The summed E-state index contributed by atoms with van der Waals surface area (Å²) in [5.41, 5.74) is 0. The number of halogens is 1. The first-order valence-electron chi connectivity index (χ1n) is 6.36. The van der Waals surface area contributed by atoms with Gasteiger partial charge in [-0.2, -0.15) is 0 Å². The Morgan fingerprint density at radius 3 is 2.29 bits per heavy atom. The molecule has 0 bridgehead atoms. The SMILES string of the molecule is C[C](C)CCCCCCOc1ccc(Cl)cc1. The fraction of sp³-hybridized carbons (Fsp3) is 0.533. The Hall–Kier alpha value is -0.690. The Morgan fingerprint density at radius 1 is 1.00 bits per heavy atom. The van der Waals surface area contributed by atoms with Crippen molar-refractivity contribution in [3.8, 4) is 5.75 Å². The number of benzene rings is 1. The second-order valence-electron chi connectivity index (χ2n) is 4.67. The van der Waals surface area contributed by atoms with E-state index in [0.717, 1.165) is 23.8 Å². The summed E-state index contributed by atoms with van der Waals surface area (Å²) in [4.78, 5) is 0. The van der Waals surface area contributed by atoms with Crippen LogP contribution in [0.4, 0.5) is 0 Å². The molecule has 95 valence electrons. The van der Waals surface area contributed by atoms with E-state index >= 15 is 0 Å². The average molecular weight is 254 g/mol. The van der Waals surface area contributed by atoms with Crippen LogP contribution in [-0.4, -0.2) is 6.61 Å². The summed E-state index contributed by atoms with van der Waals surface area (Å²) >= 11 is 5.80. The van der Waals surface area contributed by atoms with Crippen molar-refractivity contribution >= 4 is 11.6 Å². The predicted molar refractivity (Wildman–Crippen MR) is 74.6 cm³/mol. The number of hydrogen-bond acceptors (Lipinski definition) is 1. The van der Waals surface area contributed by atoms with Crippen LogP contribution in [0.5, 0.6) is 5.75 Å². The van der Waals surface area contributed by atoms with Crippen molar-refractivity contribution in [2.75, 3.05) is 6.61 Å². The molecule has 0 saturated heterocycles. The van der Waals surface area contributed by atoms with Crippen molar-refractivity contribution in [3.05, 3.63) is 35.2 Å². The van der Waals surface area contributed by atoms with Gasteiger partial charge in [-0.05, 0) is 43.0 Å². The van der Waals surface area contributed by atoms with E-state index in [4.69, 9.17) is 16.3 Å². The molecule has 0 heterocycles. The molecule has 0 aliphatic rings. The van der Waals surface area contributed by atoms with Crippen LogP contribution < -0.4 is 4.74 Å². The molecule has 17 heavy (non-hydrogen) atoms. The first-order valence-corrected chi connectivity index (χ1v) is 6.73. The molecule has 0 aromatic heterocycles. The number of unbranched alkanes of at least 4 members (excludes halogenated alkanes) is 3. The summed E-state index contributed by atoms with van der Waals surface area (Å²) in [7, 11) is 0. The molecule has 1 nitrogen and oxygen atoms in total. The summed E-state index contributed by atoms with van der Waals surface area (Å²) in [5, 5.41) is 0.753. The van der Waals surface area contributed by atoms with E-state index < -0.39 is 0 Å². The van der Waals surface area contributed by atoms with Gasteiger partial charge < -0.3 is 4.74 Å². The molecule has 0 saturated carbocycles. The lowest BCUT2D eigenvalue weighted by atomic mass is 10.0. The number of rotatable bonds is 8. The molecule has 2 heteroatoms. The second kappa shape index (κ2) is 8.41. The zero-order valence-corrected chi connectivity index (χ0v) is 11.6. The van der Waals surface area contributed by atoms with E-state index in [0.29, 0.717) is 0 Å². The van der Waals surface area contributed by atoms with Crippen molar-refractivity contribution in [3.63, 3.8) is 0 Å². The highest BCUT2D eigenvalue weighted by Crippen LogP contribution is 2.16. The van der Waals surface area contributed by atoms with Gasteiger partial charge in [0.25, 0.3) is 0 Å². The van der Waals surface area contributed by atoms with Gasteiger partial charge in [0.15, 0.2) is 0 Å². The molecular formula is C15H22ClO. The Morgan fingerprint density at radius 2 is 1.65 bits per heavy atom. The molecule has 0 fully saturated rings. The highest BCUT2D eigenvalue weighted by molar-refractivity contribution is 6.30. The minimum absolute atomic E-state index is 0.753. The van der Waals surface area contributed by atoms with Gasteiger partial charge in [-0.15, -0.1) is 0 Å². The standard InChI is InChI=1S/C15H22ClO/c1-13(2)7-5-3-4-6-12-17-15-10-8-14(16)9-11-15/h8-11H,3-7,12H2,1-2H3. The highest BCUT2D eigenvalue weighted by Gasteiger charge is 1.96. The Bertz CT molecular complexity index is 292. The van der Waals surface area contributed by atoms with Gasteiger partial charge in [0.05, 0.1) is 6.61 Å². The zero-order valence-electron chi connectivity index (χ0n) is 10.8. The molecule has 0 spiro atoms. The lowest BCUT2D eigenvalue weighted by Gasteiger charge is -2.06. The molecule has 1 aromatic carbocycles. The first-order chi connectivity index (χ1) is 8.18. The summed E-state index contributed by atoms with van der Waals surface area (Å²) in [6, 6.07) is 7.54. The third kappa shape index (κ3) is 7.27. The summed E-state index contributed by atoms with van der Waals surface area (Å²) < 4.78 is 5.62. The van der Waals surface area contributed by atoms with Crippen molar-refractivity contribution in [2.45, 2.75) is 46.0 Å². The maximum atomic E-state index is 5.80. The smallest absolute Gasteiger partial charge is 0.119 e. The minimum Gasteiger partial charge on any atom is -0.494 e. The Labute approximate surface area is 110 Å². The molecule has 1 radical (unpaired) electrons. The average Bonchev–Trinajstić information content (AvgIpc) is 2.30. The molecule has 0 unspecified atom stereocenters. The van der Waals surface area contributed by atoms with Crippen LogP contribution in [0.2, 0.25) is 5.02 Å². The zero-order chi connectivity index (χ0) is 12.5. The number of ether oxygens (including phenoxy) is 1. The van der Waals surface area contributed by atoms with Crippen LogP contribution in [0.25, 0.3) is 0 Å². The molecular weight excluding hydrogens is 232 g/mol. The van der Waals surface area contributed by atoms with E-state index in [2.05, 4.69) is 13.8 Å². The lowest BCUT2D eigenvalue weighted by Crippen LogP contribution is -1.97. The van der Waals surface area contributed by atoms with Gasteiger partial charge in [0, 0.05) is 5.02 Å². The van der Waals surface area contributed by atoms with Crippen LogP contribution in [0, 0.1) is 5.92 Å². The third-order valence-corrected chi connectivity index (χ3v) is 2.91. The van der Waals surface area contributed by atoms with E-state index in [9.17, 15) is 0 Å². The minimum atomic E-state index is 0.753. The fourth-order valence-electron chi connectivity index (χ4n) is 1.66. The van der Waals surface area contributed by atoms with Crippen molar-refractivity contribution in [1.82, 2.24) is 0 Å². The van der Waals surface area contributed by atoms with E-state index in [1.807, 2.05) is 24.3 Å². The van der Waals surface area contributed by atoms with Crippen LogP contribution >= 0.6 is 11.6 Å². The molecule has 0 aliphatic carbocycles. The monoisotopic (exact) mass is 253 g/mol. The molecule has 1 rings (SSSR count). The number of hydrogen-bond donors (Lipinski definition) is 0. The van der Waals surface area contributed by atoms with Gasteiger partial charge in [-0.3, -0.25) is 0 Å². The predicted octanol–water partition coefficient (Wildman–Crippen LogP) is 5.28. The maximum absolute atomic E-state index is 5.80. The first kappa shape index (κ1) is 14.4. The molecule has 1 aromatic rings. The molecule has 0 atom stereocenters. The summed E-state index contributed by atoms with van der Waals surface area (Å²) in [5.74, 6) is 2.44. The third-order valence-electron chi connectivity index (χ3n) is 2.65. The van der Waals surface area contributed by atoms with Crippen LogP contribution in [0.3, 0.4) is 0 Å². The van der Waals surface area contributed by atoms with E-state index in [1.54, 1.807) is 0 Å². The molecule has 0 N–H and O–H groups in total. The quantitative estimate of drug-likeness (QED) is 0.573. The molecule has 0 aliphatic heterocycles. The Kier molecular flexibility index (Phi) is 7.11. The van der Waals surface area contributed by atoms with Gasteiger partial charge in [-0.1, -0.05) is 44.7 Å². The van der Waals surface area contributed by atoms with E-state index in [-0.39, 0.29) is 0 Å². The van der Waals surface area contributed by atoms with Crippen LogP contribution in [0.1, 0.15) is 46.0 Å². The topological polar surface area (TPSA) is 9.23 Å².